The van der Waals surface area contributed by atoms with Gasteiger partial charge < -0.3 is 19.6 Å². The van der Waals surface area contributed by atoms with Gasteiger partial charge in [-0.2, -0.15) is 0 Å². The molecule has 0 aromatic carbocycles. The molecule has 3 aliphatic rings. The minimum atomic E-state index is 1.18. The van der Waals surface area contributed by atoms with Crippen LogP contribution < -0.4 is 0 Å². The first-order valence-electron chi connectivity index (χ1n) is 5.44. The van der Waals surface area contributed by atoms with Crippen LogP contribution in [0, 0.1) is 0 Å². The molecule has 0 radical (unpaired) electrons. The quantitative estimate of drug-likeness (QED) is 0.521. The second kappa shape index (κ2) is 2.72. The summed E-state index contributed by atoms with van der Waals surface area (Å²) in [7, 11) is 4.41. The van der Waals surface area contributed by atoms with Crippen LogP contribution >= 0.6 is 0 Å². The van der Waals surface area contributed by atoms with Gasteiger partial charge in [0.2, 0.25) is 0 Å². The third-order valence-corrected chi connectivity index (χ3v) is 3.57. The van der Waals surface area contributed by atoms with Gasteiger partial charge in [0.25, 0.3) is 0 Å². The maximum absolute atomic E-state index is 2.52. The molecule has 0 aromatic rings. The number of hydrogen-bond donors (Lipinski definition) is 0. The summed E-state index contributed by atoms with van der Waals surface area (Å²) in [5, 5.41) is 0. The van der Waals surface area contributed by atoms with Crippen molar-refractivity contribution in [3.63, 3.8) is 0 Å². The third-order valence-electron chi connectivity index (χ3n) is 3.57. The molecule has 0 bridgehead atoms. The molecule has 2 saturated heterocycles. The van der Waals surface area contributed by atoms with Gasteiger partial charge in [-0.3, -0.25) is 0 Å². The predicted octanol–water partition coefficient (Wildman–Crippen LogP) is -0.379. The third kappa shape index (κ3) is 0.938. The highest BCUT2D eigenvalue weighted by Crippen LogP contribution is 2.30. The Bertz CT molecular complexity index is 258. The first kappa shape index (κ1) is 8.26. The van der Waals surface area contributed by atoms with Gasteiger partial charge >= 0.3 is 0 Å². The van der Waals surface area contributed by atoms with Gasteiger partial charge in [-0.05, 0) is 0 Å². The summed E-state index contributed by atoms with van der Waals surface area (Å²) in [6.07, 6.45) is 0. The van der Waals surface area contributed by atoms with E-state index in [2.05, 4.69) is 33.7 Å². The van der Waals surface area contributed by atoms with Crippen molar-refractivity contribution in [2.24, 2.45) is 0 Å². The van der Waals surface area contributed by atoms with E-state index in [0.29, 0.717) is 0 Å². The van der Waals surface area contributed by atoms with Crippen molar-refractivity contribution in [2.45, 2.75) is 0 Å². The molecule has 4 heteroatoms. The van der Waals surface area contributed by atoms with E-state index in [-0.39, 0.29) is 0 Å². The van der Waals surface area contributed by atoms with E-state index in [1.807, 2.05) is 0 Å². The van der Waals surface area contributed by atoms with Crippen LogP contribution in [0.1, 0.15) is 0 Å². The lowest BCUT2D eigenvalue weighted by Crippen LogP contribution is -2.41. The summed E-state index contributed by atoms with van der Waals surface area (Å²) in [5.41, 5.74) is 0. The van der Waals surface area contributed by atoms with Gasteiger partial charge in [0.05, 0.1) is 0 Å². The average molecular weight is 194 g/mol. The molecule has 0 saturated carbocycles. The van der Waals surface area contributed by atoms with Crippen molar-refractivity contribution in [3.8, 4) is 0 Å². The van der Waals surface area contributed by atoms with E-state index in [4.69, 9.17) is 0 Å². The Labute approximate surface area is 85.4 Å². The Balaban J connectivity index is 2.05. The van der Waals surface area contributed by atoms with Crippen LogP contribution in [0.4, 0.5) is 0 Å². The summed E-state index contributed by atoms with van der Waals surface area (Å²) < 4.78 is 0. The molecule has 0 amide bonds. The summed E-state index contributed by atoms with van der Waals surface area (Å²) in [6, 6.07) is 0. The molecule has 3 rings (SSSR count). The lowest BCUT2D eigenvalue weighted by atomic mass is 10.3. The Hall–Kier alpha value is -1.06. The van der Waals surface area contributed by atoms with E-state index < -0.39 is 0 Å². The van der Waals surface area contributed by atoms with Gasteiger partial charge in [0.15, 0.2) is 0 Å². The molecule has 3 heterocycles. The highest BCUT2D eigenvalue weighted by Gasteiger charge is 2.36. The Morgan fingerprint density at radius 1 is 0.643 bits per heavy atom. The summed E-state index contributed by atoms with van der Waals surface area (Å²) in [6.45, 7) is 7.18. The van der Waals surface area contributed by atoms with Crippen LogP contribution in [0.5, 0.6) is 0 Å². The molecule has 3 aliphatic heterocycles. The standard InChI is InChI=1S/C10H18N4/c1-11-3-5-13-7-8-14-6-4-12(2)10(14)9(11)13/h3-8H2,1-2H3. The van der Waals surface area contributed by atoms with E-state index in [1.54, 1.807) is 0 Å². The predicted molar refractivity (Wildman–Crippen MR) is 55.4 cm³/mol. The van der Waals surface area contributed by atoms with Crippen LogP contribution in [-0.2, 0) is 0 Å². The Morgan fingerprint density at radius 3 is 1.43 bits per heavy atom. The second-order valence-electron chi connectivity index (χ2n) is 4.46. The van der Waals surface area contributed by atoms with Crippen molar-refractivity contribution in [1.29, 1.82) is 0 Å². The van der Waals surface area contributed by atoms with Crippen LogP contribution in [0.2, 0.25) is 0 Å². The Morgan fingerprint density at radius 2 is 1.00 bits per heavy atom. The molecule has 0 aromatic heterocycles. The zero-order chi connectivity index (χ0) is 9.71. The van der Waals surface area contributed by atoms with Crippen LogP contribution in [0.25, 0.3) is 0 Å². The molecule has 0 spiro atoms. The molecule has 0 N–H and O–H groups in total. The van der Waals surface area contributed by atoms with Gasteiger partial charge in [-0.25, -0.2) is 0 Å². The number of hydrogen-bond acceptors (Lipinski definition) is 4. The molecular weight excluding hydrogens is 176 g/mol. The largest absolute Gasteiger partial charge is 0.357 e. The van der Waals surface area contributed by atoms with Gasteiger partial charge in [0.1, 0.15) is 11.6 Å². The zero-order valence-electron chi connectivity index (χ0n) is 9.03. The molecular formula is C10H18N4. The lowest BCUT2D eigenvalue weighted by Gasteiger charge is -2.36. The summed E-state index contributed by atoms with van der Waals surface area (Å²) in [5.74, 6) is 2.91. The first-order valence-corrected chi connectivity index (χ1v) is 5.44. The molecule has 0 unspecified atom stereocenters. The molecule has 14 heavy (non-hydrogen) atoms. The maximum atomic E-state index is 2.52. The van der Waals surface area contributed by atoms with Crippen LogP contribution in [0.3, 0.4) is 0 Å². The van der Waals surface area contributed by atoms with E-state index >= 15 is 0 Å². The highest BCUT2D eigenvalue weighted by atomic mass is 15.5. The number of fused-ring (bicyclic) bond motifs is 2. The van der Waals surface area contributed by atoms with Gasteiger partial charge in [-0.15, -0.1) is 0 Å². The van der Waals surface area contributed by atoms with Crippen molar-refractivity contribution < 1.29 is 0 Å². The Kier molecular flexibility index (Phi) is 1.60. The van der Waals surface area contributed by atoms with E-state index in [9.17, 15) is 0 Å². The topological polar surface area (TPSA) is 13.0 Å². The van der Waals surface area contributed by atoms with Crippen molar-refractivity contribution >= 4 is 0 Å². The minimum Gasteiger partial charge on any atom is -0.357 e. The highest BCUT2D eigenvalue weighted by molar-refractivity contribution is 5.19. The summed E-state index contributed by atoms with van der Waals surface area (Å²) >= 11 is 0. The fourth-order valence-corrected chi connectivity index (χ4v) is 2.75. The lowest BCUT2D eigenvalue weighted by molar-refractivity contribution is 0.222. The molecule has 0 atom stereocenters. The molecule has 2 fully saturated rings. The first-order chi connectivity index (χ1) is 6.77. The van der Waals surface area contributed by atoms with Gasteiger partial charge in [0, 0.05) is 53.4 Å². The molecule has 78 valence electrons. The monoisotopic (exact) mass is 194 g/mol. The fraction of sp³-hybridized carbons (Fsp3) is 0.800. The maximum Gasteiger partial charge on any atom is 0.146 e. The van der Waals surface area contributed by atoms with Crippen LogP contribution in [0.15, 0.2) is 11.6 Å². The normalized spacial score (nSPS) is 26.1. The fourth-order valence-electron chi connectivity index (χ4n) is 2.75. The zero-order valence-corrected chi connectivity index (χ0v) is 9.03. The van der Waals surface area contributed by atoms with E-state index in [0.717, 1.165) is 0 Å². The van der Waals surface area contributed by atoms with E-state index in [1.165, 1.54) is 50.9 Å². The van der Waals surface area contributed by atoms with Gasteiger partial charge in [-0.1, -0.05) is 0 Å². The van der Waals surface area contributed by atoms with Crippen molar-refractivity contribution in [2.75, 3.05) is 53.4 Å². The molecule has 4 nitrogen and oxygen atoms in total. The summed E-state index contributed by atoms with van der Waals surface area (Å²) in [4.78, 5) is 9.83. The minimum absolute atomic E-state index is 1.18. The second-order valence-corrected chi connectivity index (χ2v) is 4.46. The van der Waals surface area contributed by atoms with Crippen molar-refractivity contribution in [1.82, 2.24) is 19.6 Å². The van der Waals surface area contributed by atoms with Crippen LogP contribution in [-0.4, -0.2) is 73.0 Å². The molecule has 0 aliphatic carbocycles. The number of nitrogens with zero attached hydrogens (tertiary/aromatic N) is 4. The smallest absolute Gasteiger partial charge is 0.146 e. The average Bonchev–Trinajstić information content (AvgIpc) is 2.72. The number of likely N-dealkylation sites (N-methyl/N-ethyl adjacent to an activating group) is 2. The van der Waals surface area contributed by atoms with Crippen molar-refractivity contribution in [3.05, 3.63) is 11.6 Å². The SMILES string of the molecule is CN1CCN2CCN3CCN(C)C3=C12. The number of rotatable bonds is 0.